The molecule has 36 heteroatoms. The highest BCUT2D eigenvalue weighted by Gasteiger charge is 2.35. The number of carbonyl (C=O) groups excluding carboxylic acids is 6. The first-order chi connectivity index (χ1) is 56.2. The number of aliphatic carboxylic acids is 3. The Morgan fingerprint density at radius 1 is 0.568 bits per heavy atom. The van der Waals surface area contributed by atoms with Crippen LogP contribution in [0.3, 0.4) is 0 Å². The van der Waals surface area contributed by atoms with Crippen molar-refractivity contribution in [2.24, 2.45) is 4.99 Å². The molecule has 612 valence electrons. The molecule has 6 amide bonds. The number of nitriles is 1. The maximum absolute atomic E-state index is 13.2. The lowest BCUT2D eigenvalue weighted by molar-refractivity contribution is -0.699. The van der Waals surface area contributed by atoms with Crippen LogP contribution >= 0.6 is 81.2 Å². The van der Waals surface area contributed by atoms with Crippen molar-refractivity contribution < 1.29 is 85.4 Å². The number of likely N-dealkylation sites (tertiary alicyclic amines) is 1. The number of furan rings is 2. The van der Waals surface area contributed by atoms with E-state index in [2.05, 4.69) is 31.6 Å². The number of aliphatic imine (C=N–C) groups is 1. The molecule has 0 unspecified atom stereocenters. The summed E-state index contributed by atoms with van der Waals surface area (Å²) in [7, 11) is -3.52. The van der Waals surface area contributed by atoms with Crippen molar-refractivity contribution in [3.8, 4) is 6.19 Å². The standard InChI is InChI=1S/C30H26Cl2N2O6.C28H26Cl2N6O5.C24H20Cl3N3O6S/c1-16(35)18-7-4-5-17(11-18)12-23(30(38)39)33-28(36)26-22(31)13-20-15-34(10-9-21(20)27(26)32)29(37)25-14-19-6-2-3-8-24(19)40-25;29-19-11-17-14-36(26(38)22-12-16-5-1-2-6-21(16)41-22)10-7-18(17)24(30)23(19)25(37)34-20(27(39)40)13-32-28(33-15-31)35-8-3-4-9-35;1-37(35,36)17-3-2-8-30(12-17)13-20(24(33)34)29-23(32)21-18(26)9-15(10-19(21)27)22(31)28-11-14-4-6-16(25)7-5-14/h2-8,11,13-14,16,23,35H,9-10,12,15H2,1H3,(H,33,36)(H,38,39);1-2,5-6,11-12,20H,3-4,7-10,13-14H2,(H,32,33)(H,34,37)(H,39,40);2-10,12,20H,11,13H2,1H3,(H2-,28,29,31,32,33,34)/p+1/t16-,23-;2*20-/m000/s1. The average Bonchev–Trinajstić information content (AvgIpc) is 0.943. The van der Waals surface area contributed by atoms with Crippen LogP contribution in [-0.2, 0) is 69.7 Å². The van der Waals surface area contributed by atoms with E-state index in [4.69, 9.17) is 95.3 Å². The Morgan fingerprint density at radius 2 is 1.07 bits per heavy atom. The number of aliphatic hydroxyl groups is 1. The molecule has 0 aliphatic carbocycles. The van der Waals surface area contributed by atoms with Gasteiger partial charge in [-0.25, -0.2) is 32.4 Å². The average molecular weight is 1760 g/mol. The first-order valence-electron chi connectivity index (χ1n) is 36.3. The van der Waals surface area contributed by atoms with Gasteiger partial charge in [-0.15, -0.1) is 0 Å². The van der Waals surface area contributed by atoms with Gasteiger partial charge in [0.1, 0.15) is 28.1 Å². The second-order valence-electron chi connectivity index (χ2n) is 27.6. The van der Waals surface area contributed by atoms with E-state index in [1.165, 1.54) is 41.2 Å². The summed E-state index contributed by atoms with van der Waals surface area (Å²) < 4.78 is 36.3. The SMILES string of the molecule is CS(=O)(=O)c1ccc[n+](C[C@H](NC(=O)c2c(Cl)cc(C(=O)NCc3ccc(Cl)cc3)cc2Cl)C(=O)O)c1.C[C@H](O)c1cccc(C[C@H](NC(=O)c2c(Cl)cc3c(c2Cl)CCN(C(=O)c2cc4ccccc4o2)C3)C(=O)O)c1.N#CNC(=NC[C@H](NC(=O)c1c(Cl)cc2c(c1Cl)CCN(C(=O)c1cc3ccccc3o1)C2)C(=O)O)N1CCCC1. The van der Waals surface area contributed by atoms with Crippen LogP contribution < -0.4 is 31.2 Å². The number of aromatic nitrogens is 1. The lowest BCUT2D eigenvalue weighted by Gasteiger charge is -2.30. The first-order valence-corrected chi connectivity index (χ1v) is 40.9. The van der Waals surface area contributed by atoms with Gasteiger partial charge in [0.25, 0.3) is 35.4 Å². The number of hydrogen-bond donors (Lipinski definition) is 9. The number of guanidine groups is 1. The van der Waals surface area contributed by atoms with Gasteiger partial charge in [0.2, 0.25) is 5.96 Å². The number of carboxylic acid groups (broad SMARTS) is 3. The van der Waals surface area contributed by atoms with Crippen molar-refractivity contribution in [1.29, 1.82) is 5.26 Å². The second-order valence-corrected chi connectivity index (χ2v) is 32.4. The lowest BCUT2D eigenvalue weighted by atomic mass is 9.96. The third-order valence-corrected chi connectivity index (χ3v) is 22.7. The molecule has 4 atom stereocenters. The van der Waals surface area contributed by atoms with Crippen molar-refractivity contribution in [2.45, 2.75) is 94.3 Å². The fraction of sp³-hybridized carbons (Fsp3) is 0.244. The minimum absolute atomic E-state index is 0.000669. The highest BCUT2D eigenvalue weighted by Crippen LogP contribution is 2.38. The summed E-state index contributed by atoms with van der Waals surface area (Å²) in [6.45, 7) is 3.76. The smallest absolute Gasteiger partial charge is 0.332 e. The Hall–Kier alpha value is -11.3. The number of carboxylic acids is 3. The predicted octanol–water partition coefficient (Wildman–Crippen LogP) is 12.2. The van der Waals surface area contributed by atoms with Crippen molar-refractivity contribution >= 4 is 172 Å². The van der Waals surface area contributed by atoms with E-state index in [-0.39, 0.29) is 126 Å². The van der Waals surface area contributed by atoms with E-state index in [9.17, 15) is 72.0 Å². The Balaban J connectivity index is 0.000000174. The lowest BCUT2D eigenvalue weighted by Crippen LogP contribution is -2.51. The summed E-state index contributed by atoms with van der Waals surface area (Å²) in [4.78, 5) is 123. The molecule has 9 N–H and O–H groups in total. The summed E-state index contributed by atoms with van der Waals surface area (Å²) >= 11 is 44.6. The van der Waals surface area contributed by atoms with Crippen LogP contribution in [0.4, 0.5) is 0 Å². The van der Waals surface area contributed by atoms with Crippen LogP contribution in [0, 0.1) is 11.5 Å². The number of hydrogen-bond acceptors (Lipinski definition) is 16. The van der Waals surface area contributed by atoms with E-state index in [1.807, 2.05) is 47.5 Å². The van der Waals surface area contributed by atoms with E-state index in [0.717, 1.165) is 35.4 Å². The highest BCUT2D eigenvalue weighted by atomic mass is 35.5. The zero-order valence-corrected chi connectivity index (χ0v) is 68.7. The molecular weight excluding hydrogens is 1690 g/mol. The number of nitrogens with zero attached hydrogens (tertiary/aromatic N) is 6. The molecular formula is C82H73Cl7N11O17S+. The first kappa shape index (κ1) is 87.5. The number of halogens is 7. The fourth-order valence-corrected chi connectivity index (χ4v) is 16.2. The monoisotopic (exact) mass is 1760 g/mol. The fourth-order valence-electron chi connectivity index (χ4n) is 13.3. The normalized spacial score (nSPS) is 14.1. The maximum atomic E-state index is 13.2. The number of carbonyl (C=O) groups is 9. The van der Waals surface area contributed by atoms with E-state index in [0.29, 0.717) is 88.6 Å². The highest BCUT2D eigenvalue weighted by molar-refractivity contribution is 7.90. The van der Waals surface area contributed by atoms with Gasteiger partial charge in [-0.3, -0.25) is 34.1 Å². The summed E-state index contributed by atoms with van der Waals surface area (Å²) in [5, 5.41) is 62.8. The van der Waals surface area contributed by atoms with Crippen LogP contribution in [-0.4, -0.2) is 160 Å². The summed E-state index contributed by atoms with van der Waals surface area (Å²) in [5.41, 5.74) is 5.90. The molecule has 0 saturated carbocycles. The summed E-state index contributed by atoms with van der Waals surface area (Å²) in [6.07, 6.45) is 7.47. The number of benzene rings is 7. The van der Waals surface area contributed by atoms with Gasteiger partial charge in [0.15, 0.2) is 52.5 Å². The topological polar surface area (TPSA) is 405 Å². The number of para-hydroxylation sites is 2. The van der Waals surface area contributed by atoms with E-state index >= 15 is 0 Å². The molecule has 6 heterocycles. The molecule has 1 fully saturated rings. The van der Waals surface area contributed by atoms with Gasteiger partial charge >= 0.3 is 17.9 Å². The molecule has 28 nitrogen and oxygen atoms in total. The number of rotatable bonds is 22. The Bertz CT molecular complexity index is 5710. The zero-order chi connectivity index (χ0) is 85.0. The summed E-state index contributed by atoms with van der Waals surface area (Å²) in [5.74, 6) is -6.55. The summed E-state index contributed by atoms with van der Waals surface area (Å²) in [6, 6.07) is 36.3. The number of sulfone groups is 1. The molecule has 0 bridgehead atoms. The van der Waals surface area contributed by atoms with E-state index in [1.54, 1.807) is 102 Å². The molecule has 1 saturated heterocycles. The number of amides is 6. The predicted molar refractivity (Wildman–Crippen MR) is 440 cm³/mol. The van der Waals surface area contributed by atoms with Gasteiger partial charge in [-0.1, -0.05) is 154 Å². The van der Waals surface area contributed by atoms with Gasteiger partial charge < -0.3 is 65.2 Å². The third kappa shape index (κ3) is 21.5. The van der Waals surface area contributed by atoms with Gasteiger partial charge in [0, 0.05) is 85.9 Å². The van der Waals surface area contributed by atoms with Crippen LogP contribution in [0.1, 0.15) is 127 Å². The molecule has 118 heavy (non-hydrogen) atoms. The Labute approximate surface area is 709 Å². The Kier molecular flexibility index (Phi) is 28.8. The van der Waals surface area contributed by atoms with Crippen molar-refractivity contribution in [1.82, 2.24) is 41.3 Å². The van der Waals surface area contributed by atoms with Crippen molar-refractivity contribution in [3.05, 3.63) is 266 Å². The van der Waals surface area contributed by atoms with Crippen LogP contribution in [0.25, 0.3) is 21.9 Å². The van der Waals surface area contributed by atoms with Crippen molar-refractivity contribution in [3.63, 3.8) is 0 Å². The minimum atomic E-state index is -3.52. The largest absolute Gasteiger partial charge is 0.480 e. The molecule has 7 aromatic carbocycles. The molecule has 3 aliphatic heterocycles. The number of nitrogens with one attached hydrogen (secondary N) is 5. The molecule has 0 radical (unpaired) electrons. The number of aliphatic hydroxyl groups excluding tert-OH is 1. The number of pyridine rings is 1. The second kappa shape index (κ2) is 38.8. The Morgan fingerprint density at radius 3 is 1.57 bits per heavy atom. The van der Waals surface area contributed by atoms with Crippen molar-refractivity contribution in [2.75, 3.05) is 39.0 Å². The quantitative estimate of drug-likeness (QED) is 0.0100. The zero-order valence-electron chi connectivity index (χ0n) is 62.6. The van der Waals surface area contributed by atoms with Crippen LogP contribution in [0.5, 0.6) is 0 Å². The van der Waals surface area contributed by atoms with Crippen LogP contribution in [0.15, 0.2) is 177 Å². The number of fused-ring (bicyclic) bond motifs is 4. The molecule has 3 aliphatic rings. The third-order valence-electron chi connectivity index (χ3n) is 19.3. The van der Waals surface area contributed by atoms with E-state index < -0.39 is 75.6 Å². The molecule has 10 aromatic rings. The van der Waals surface area contributed by atoms with Gasteiger partial charge in [-0.2, -0.15) is 5.26 Å². The molecule has 3 aromatic heterocycles. The molecule has 13 rings (SSSR count). The van der Waals surface area contributed by atoms with Crippen LogP contribution in [0.2, 0.25) is 35.2 Å². The van der Waals surface area contributed by atoms with Gasteiger partial charge in [0.05, 0.1) is 59.5 Å². The maximum Gasteiger partial charge on any atom is 0.332 e. The molecule has 0 spiro atoms. The van der Waals surface area contributed by atoms with Gasteiger partial charge in [-0.05, 0) is 138 Å². The minimum Gasteiger partial charge on any atom is -0.480 e.